The second-order valence-corrected chi connectivity index (χ2v) is 6.71. The van der Waals surface area contributed by atoms with E-state index in [1.807, 2.05) is 0 Å². The van der Waals surface area contributed by atoms with Crippen LogP contribution in [0.3, 0.4) is 0 Å². The molecule has 1 unspecified atom stereocenters. The molecule has 0 amide bonds. The zero-order valence-corrected chi connectivity index (χ0v) is 13.7. The van der Waals surface area contributed by atoms with Crippen LogP contribution in [0.4, 0.5) is 13.2 Å². The van der Waals surface area contributed by atoms with Gasteiger partial charge >= 0.3 is 6.36 Å². The van der Waals surface area contributed by atoms with Gasteiger partial charge in [-0.1, -0.05) is 0 Å². The summed E-state index contributed by atoms with van der Waals surface area (Å²) >= 11 is 0. The van der Waals surface area contributed by atoms with E-state index in [0.29, 0.717) is 13.0 Å². The first-order chi connectivity index (χ1) is 11.2. The van der Waals surface area contributed by atoms with Crippen LogP contribution < -0.4 is 0 Å². The van der Waals surface area contributed by atoms with Crippen molar-refractivity contribution in [3.05, 3.63) is 0 Å². The molecule has 24 heavy (non-hydrogen) atoms. The largest absolute Gasteiger partial charge is 0.522 e. The van der Waals surface area contributed by atoms with Crippen molar-refractivity contribution >= 4 is 5.78 Å². The first-order valence-corrected chi connectivity index (χ1v) is 7.78. The summed E-state index contributed by atoms with van der Waals surface area (Å²) in [6, 6.07) is 0. The molecule has 0 aromatic carbocycles. The van der Waals surface area contributed by atoms with Crippen LogP contribution in [0.2, 0.25) is 0 Å². The quantitative estimate of drug-likeness (QED) is 0.673. The zero-order chi connectivity index (χ0) is 17.8. The van der Waals surface area contributed by atoms with Gasteiger partial charge in [0.2, 0.25) is 0 Å². The average molecular weight is 354 g/mol. The summed E-state index contributed by atoms with van der Waals surface area (Å²) in [6.07, 6.45) is -5.89. The third kappa shape index (κ3) is 3.08. The normalized spacial score (nSPS) is 44.8. The summed E-state index contributed by atoms with van der Waals surface area (Å²) in [7, 11) is 2.88. The highest BCUT2D eigenvalue weighted by molar-refractivity contribution is 5.90. The van der Waals surface area contributed by atoms with E-state index in [1.165, 1.54) is 14.2 Å². The molecule has 0 bridgehead atoms. The third-order valence-electron chi connectivity index (χ3n) is 5.31. The van der Waals surface area contributed by atoms with Crippen LogP contribution in [-0.4, -0.2) is 69.1 Å². The molecule has 1 saturated carbocycles. The molecule has 0 aromatic heterocycles. The summed E-state index contributed by atoms with van der Waals surface area (Å²) in [6.45, 7) is 1.73. The standard InChI is InChI=1S/C15H21F3O6/c1-13(9(24-13)4-5-22-15(16,17)18)8-6-14(7-23-14)12(21-3)10(19)11(8)20-2/h8-9,11-12H,4-7H2,1-3H3/t8-,9-,11+,12+,13?,14-/m1/s1. The predicted molar refractivity (Wildman–Crippen MR) is 73.3 cm³/mol. The third-order valence-corrected chi connectivity index (χ3v) is 5.31. The van der Waals surface area contributed by atoms with Gasteiger partial charge in [-0.2, -0.15) is 0 Å². The molecule has 2 saturated heterocycles. The van der Waals surface area contributed by atoms with Crippen molar-refractivity contribution < 1.29 is 41.7 Å². The lowest BCUT2D eigenvalue weighted by Crippen LogP contribution is -2.57. The van der Waals surface area contributed by atoms with Crippen LogP contribution in [0.5, 0.6) is 0 Å². The first-order valence-electron chi connectivity index (χ1n) is 7.78. The lowest BCUT2D eigenvalue weighted by atomic mass is 9.70. The molecule has 9 heteroatoms. The second kappa shape index (κ2) is 5.91. The molecule has 3 fully saturated rings. The van der Waals surface area contributed by atoms with E-state index in [1.54, 1.807) is 6.92 Å². The molecular weight excluding hydrogens is 333 g/mol. The van der Waals surface area contributed by atoms with E-state index >= 15 is 0 Å². The van der Waals surface area contributed by atoms with E-state index in [4.69, 9.17) is 18.9 Å². The number of carbonyl (C=O) groups is 1. The molecule has 3 aliphatic rings. The van der Waals surface area contributed by atoms with Gasteiger partial charge in [-0.05, 0) is 13.3 Å². The molecule has 0 radical (unpaired) electrons. The Morgan fingerprint density at radius 1 is 1.29 bits per heavy atom. The van der Waals surface area contributed by atoms with Crippen molar-refractivity contribution in [2.24, 2.45) is 5.92 Å². The van der Waals surface area contributed by atoms with Gasteiger partial charge in [0.05, 0.1) is 24.9 Å². The zero-order valence-electron chi connectivity index (χ0n) is 13.7. The number of hydrogen-bond donors (Lipinski definition) is 0. The Morgan fingerprint density at radius 2 is 1.96 bits per heavy atom. The first kappa shape index (κ1) is 18.1. The van der Waals surface area contributed by atoms with Crippen LogP contribution >= 0.6 is 0 Å². The summed E-state index contributed by atoms with van der Waals surface area (Å²) < 4.78 is 61.8. The number of methoxy groups -OCH3 is 2. The van der Waals surface area contributed by atoms with Gasteiger partial charge in [0.25, 0.3) is 0 Å². The van der Waals surface area contributed by atoms with Gasteiger partial charge in [0.15, 0.2) is 5.78 Å². The summed E-state index contributed by atoms with van der Waals surface area (Å²) in [4.78, 5) is 12.6. The Kier molecular flexibility index (Phi) is 4.45. The van der Waals surface area contributed by atoms with E-state index in [2.05, 4.69) is 4.74 Å². The number of ketones is 1. The van der Waals surface area contributed by atoms with Gasteiger partial charge < -0.3 is 18.9 Å². The van der Waals surface area contributed by atoms with Crippen LogP contribution in [0, 0.1) is 5.92 Å². The molecular formula is C15H21F3O6. The highest BCUT2D eigenvalue weighted by Gasteiger charge is 2.69. The van der Waals surface area contributed by atoms with E-state index in [0.717, 1.165) is 0 Å². The number of ether oxygens (including phenoxy) is 5. The Bertz CT molecular complexity index is 506. The second-order valence-electron chi connectivity index (χ2n) is 6.71. The Balaban J connectivity index is 1.66. The van der Waals surface area contributed by atoms with Crippen LogP contribution in [0.25, 0.3) is 0 Å². The van der Waals surface area contributed by atoms with Crippen LogP contribution in [0.15, 0.2) is 0 Å². The molecule has 2 aliphatic heterocycles. The number of carbonyl (C=O) groups excluding carboxylic acids is 1. The highest BCUT2D eigenvalue weighted by Crippen LogP contribution is 2.55. The number of hydrogen-bond acceptors (Lipinski definition) is 6. The monoisotopic (exact) mass is 354 g/mol. The number of rotatable bonds is 6. The Hall–Kier alpha value is -0.740. The number of Topliss-reactive ketones (excluding diaryl/α,β-unsaturated/α-hetero) is 1. The van der Waals surface area contributed by atoms with Gasteiger partial charge in [-0.25, -0.2) is 0 Å². The molecule has 0 N–H and O–H groups in total. The van der Waals surface area contributed by atoms with Gasteiger partial charge in [0, 0.05) is 26.6 Å². The summed E-state index contributed by atoms with van der Waals surface area (Å²) in [5.41, 5.74) is -1.39. The molecule has 0 aromatic rings. The molecule has 3 rings (SSSR count). The number of halogens is 3. The van der Waals surface area contributed by atoms with Crippen molar-refractivity contribution in [3.8, 4) is 0 Å². The fraction of sp³-hybridized carbons (Fsp3) is 0.933. The lowest BCUT2D eigenvalue weighted by Gasteiger charge is -2.39. The lowest BCUT2D eigenvalue weighted by molar-refractivity contribution is -0.324. The maximum Gasteiger partial charge on any atom is 0.522 e. The SMILES string of the molecule is CO[C@@H]1C(=O)[C@H](OC)[C@]2(CO2)C[C@H]1C1(C)O[C@@H]1CCOC(F)(F)F. The maximum atomic E-state index is 12.6. The fourth-order valence-corrected chi connectivity index (χ4v) is 3.90. The average Bonchev–Trinajstić information content (AvgIpc) is 3.37. The van der Waals surface area contributed by atoms with E-state index in [-0.39, 0.29) is 18.1 Å². The Morgan fingerprint density at radius 3 is 2.46 bits per heavy atom. The van der Waals surface area contributed by atoms with Crippen molar-refractivity contribution in [1.29, 1.82) is 0 Å². The minimum absolute atomic E-state index is 0.0959. The van der Waals surface area contributed by atoms with Gasteiger partial charge in [-0.3, -0.25) is 9.53 Å². The molecule has 6 atom stereocenters. The van der Waals surface area contributed by atoms with Crippen molar-refractivity contribution in [1.82, 2.24) is 0 Å². The van der Waals surface area contributed by atoms with Gasteiger partial charge in [0.1, 0.15) is 17.8 Å². The molecule has 6 nitrogen and oxygen atoms in total. The van der Waals surface area contributed by atoms with Crippen molar-refractivity contribution in [2.75, 3.05) is 27.4 Å². The molecule has 138 valence electrons. The highest BCUT2D eigenvalue weighted by atomic mass is 19.4. The smallest absolute Gasteiger partial charge is 0.373 e. The van der Waals surface area contributed by atoms with Crippen molar-refractivity contribution in [2.45, 2.75) is 55.6 Å². The predicted octanol–water partition coefficient (Wildman–Crippen LogP) is 1.46. The minimum Gasteiger partial charge on any atom is -0.373 e. The van der Waals surface area contributed by atoms with E-state index in [9.17, 15) is 18.0 Å². The molecule has 1 spiro atoms. The van der Waals surface area contributed by atoms with E-state index < -0.39 is 42.5 Å². The topological polar surface area (TPSA) is 69.8 Å². The number of alkyl halides is 3. The van der Waals surface area contributed by atoms with Gasteiger partial charge in [-0.15, -0.1) is 13.2 Å². The molecule has 2 heterocycles. The summed E-state index contributed by atoms with van der Waals surface area (Å²) in [5.74, 6) is -0.518. The Labute approximate surface area is 137 Å². The minimum atomic E-state index is -4.65. The van der Waals surface area contributed by atoms with Crippen LogP contribution in [-0.2, 0) is 28.5 Å². The summed E-state index contributed by atoms with van der Waals surface area (Å²) in [5, 5.41) is 0. The van der Waals surface area contributed by atoms with Crippen LogP contribution in [0.1, 0.15) is 19.8 Å². The fourth-order valence-electron chi connectivity index (χ4n) is 3.90. The van der Waals surface area contributed by atoms with Crippen molar-refractivity contribution in [3.63, 3.8) is 0 Å². The number of epoxide rings is 2. The maximum absolute atomic E-state index is 12.6. The molecule has 1 aliphatic carbocycles.